The van der Waals surface area contributed by atoms with Crippen molar-refractivity contribution in [1.82, 2.24) is 5.32 Å². The lowest BCUT2D eigenvalue weighted by Crippen LogP contribution is -2.50. The maximum absolute atomic E-state index is 12.2. The summed E-state index contributed by atoms with van der Waals surface area (Å²) in [4.78, 5) is 12.2. The van der Waals surface area contributed by atoms with Crippen LogP contribution in [0.2, 0.25) is 0 Å². The number of amides is 1. The second-order valence-electron chi connectivity index (χ2n) is 11.0. The predicted molar refractivity (Wildman–Crippen MR) is 167 cm³/mol. The van der Waals surface area contributed by atoms with Crippen LogP contribution < -0.4 is 5.32 Å². The van der Waals surface area contributed by atoms with E-state index in [4.69, 9.17) is 0 Å². The van der Waals surface area contributed by atoms with E-state index in [1.807, 2.05) is 0 Å². The van der Waals surface area contributed by atoms with Gasteiger partial charge in [-0.1, -0.05) is 108 Å². The third kappa shape index (κ3) is 25.3. The standard InChI is InChI=1S/C34H63NO4/c1-3-5-7-9-11-13-14-15-16-17-18-19-21-22-24-26-28-32(37)34(39)31(30-36)35-33(38)29-27-25-23-20-12-10-8-6-4-2/h16-17,20-23,31-32,34,36-37,39H,3-15,18-19,24-30H2,1-2H3,(H,35,38)/b17-16+,22-21+,23-20-. The number of allylic oxidation sites excluding steroid dienone is 6. The van der Waals surface area contributed by atoms with Gasteiger partial charge < -0.3 is 20.6 Å². The van der Waals surface area contributed by atoms with Gasteiger partial charge in [-0.05, 0) is 70.6 Å². The molecular weight excluding hydrogens is 486 g/mol. The number of hydrogen-bond donors (Lipinski definition) is 4. The lowest BCUT2D eigenvalue weighted by atomic mass is 10.0. The highest BCUT2D eigenvalue weighted by atomic mass is 16.3. The number of carbonyl (C=O) groups is 1. The number of hydrogen-bond acceptors (Lipinski definition) is 4. The van der Waals surface area contributed by atoms with Crippen molar-refractivity contribution in [3.8, 4) is 0 Å². The van der Waals surface area contributed by atoms with Gasteiger partial charge in [-0.15, -0.1) is 0 Å². The summed E-state index contributed by atoms with van der Waals surface area (Å²) >= 11 is 0. The molecule has 0 radical (unpaired) electrons. The van der Waals surface area contributed by atoms with Crippen molar-refractivity contribution < 1.29 is 20.1 Å². The number of nitrogens with one attached hydrogen (secondary N) is 1. The first kappa shape index (κ1) is 37.6. The van der Waals surface area contributed by atoms with Crippen LogP contribution in [0.15, 0.2) is 36.5 Å². The monoisotopic (exact) mass is 549 g/mol. The highest BCUT2D eigenvalue weighted by Crippen LogP contribution is 2.11. The molecule has 1 amide bonds. The molecule has 3 atom stereocenters. The molecule has 0 aromatic carbocycles. The summed E-state index contributed by atoms with van der Waals surface area (Å²) in [5.41, 5.74) is 0. The number of carbonyl (C=O) groups excluding carboxylic acids is 1. The Morgan fingerprint density at radius 2 is 1.05 bits per heavy atom. The van der Waals surface area contributed by atoms with E-state index in [0.29, 0.717) is 12.8 Å². The molecule has 0 saturated carbocycles. The molecule has 3 unspecified atom stereocenters. The summed E-state index contributed by atoms with van der Waals surface area (Å²) in [6, 6.07) is -0.843. The Kier molecular flexibility index (Phi) is 28.5. The van der Waals surface area contributed by atoms with Crippen LogP contribution in [0.3, 0.4) is 0 Å². The minimum absolute atomic E-state index is 0.198. The average Bonchev–Trinajstić information content (AvgIpc) is 2.94. The summed E-state index contributed by atoms with van der Waals surface area (Å²) in [6.07, 6.45) is 33.9. The first-order valence-corrected chi connectivity index (χ1v) is 16.3. The van der Waals surface area contributed by atoms with Gasteiger partial charge in [0, 0.05) is 6.42 Å². The first-order chi connectivity index (χ1) is 19.1. The SMILES string of the molecule is CCCCCC/C=C\CCCC(=O)NC(CO)C(O)C(O)CCC/C=C/CC/C=C/CCCCCCCCC. The van der Waals surface area contributed by atoms with Gasteiger partial charge >= 0.3 is 0 Å². The number of aliphatic hydroxyl groups is 3. The van der Waals surface area contributed by atoms with Crippen molar-refractivity contribution in [3.63, 3.8) is 0 Å². The summed E-state index contributed by atoms with van der Waals surface area (Å²) in [7, 11) is 0. The maximum Gasteiger partial charge on any atom is 0.220 e. The molecule has 0 aliphatic heterocycles. The Labute approximate surface area is 241 Å². The molecule has 5 heteroatoms. The van der Waals surface area contributed by atoms with Gasteiger partial charge in [0.05, 0.1) is 18.8 Å². The van der Waals surface area contributed by atoms with Crippen LogP contribution in [0.4, 0.5) is 0 Å². The van der Waals surface area contributed by atoms with Crippen molar-refractivity contribution in [2.75, 3.05) is 6.61 Å². The molecule has 0 fully saturated rings. The first-order valence-electron chi connectivity index (χ1n) is 16.3. The molecule has 0 rings (SSSR count). The summed E-state index contributed by atoms with van der Waals surface area (Å²) in [5.74, 6) is -0.198. The van der Waals surface area contributed by atoms with E-state index in [9.17, 15) is 20.1 Å². The largest absolute Gasteiger partial charge is 0.394 e. The zero-order valence-electron chi connectivity index (χ0n) is 25.5. The smallest absolute Gasteiger partial charge is 0.220 e. The fourth-order valence-electron chi connectivity index (χ4n) is 4.59. The van der Waals surface area contributed by atoms with E-state index < -0.39 is 24.9 Å². The predicted octanol–water partition coefficient (Wildman–Crippen LogP) is 8.09. The molecule has 0 spiro atoms. The Balaban J connectivity index is 3.86. The van der Waals surface area contributed by atoms with E-state index in [2.05, 4.69) is 55.6 Å². The summed E-state index contributed by atoms with van der Waals surface area (Å²) < 4.78 is 0. The van der Waals surface area contributed by atoms with Gasteiger partial charge in [-0.3, -0.25) is 4.79 Å². The van der Waals surface area contributed by atoms with Gasteiger partial charge in [0.1, 0.15) is 6.10 Å². The van der Waals surface area contributed by atoms with Crippen LogP contribution in [-0.4, -0.2) is 46.1 Å². The van der Waals surface area contributed by atoms with Crippen molar-refractivity contribution >= 4 is 5.91 Å². The van der Waals surface area contributed by atoms with E-state index >= 15 is 0 Å². The van der Waals surface area contributed by atoms with Crippen molar-refractivity contribution in [1.29, 1.82) is 0 Å². The summed E-state index contributed by atoms with van der Waals surface area (Å²) in [6.45, 7) is 4.07. The maximum atomic E-state index is 12.2. The van der Waals surface area contributed by atoms with Crippen molar-refractivity contribution in [2.45, 2.75) is 167 Å². The molecule has 0 bridgehead atoms. The van der Waals surface area contributed by atoms with Crippen LogP contribution in [0.1, 0.15) is 149 Å². The van der Waals surface area contributed by atoms with Gasteiger partial charge in [0.15, 0.2) is 0 Å². The molecule has 0 heterocycles. The van der Waals surface area contributed by atoms with Crippen LogP contribution >= 0.6 is 0 Å². The van der Waals surface area contributed by atoms with Crippen molar-refractivity contribution in [3.05, 3.63) is 36.5 Å². The minimum atomic E-state index is -1.17. The lowest BCUT2D eigenvalue weighted by Gasteiger charge is -2.26. The van der Waals surface area contributed by atoms with Crippen LogP contribution in [-0.2, 0) is 4.79 Å². The molecule has 0 saturated heterocycles. The molecule has 39 heavy (non-hydrogen) atoms. The minimum Gasteiger partial charge on any atom is -0.394 e. The molecule has 0 aliphatic rings. The average molecular weight is 550 g/mol. The Hall–Kier alpha value is -1.43. The van der Waals surface area contributed by atoms with E-state index in [1.165, 1.54) is 77.0 Å². The molecule has 0 aliphatic carbocycles. The molecule has 4 N–H and O–H groups in total. The Morgan fingerprint density at radius 1 is 0.615 bits per heavy atom. The molecular formula is C34H63NO4. The van der Waals surface area contributed by atoms with Crippen LogP contribution in [0.25, 0.3) is 0 Å². The number of rotatable bonds is 28. The van der Waals surface area contributed by atoms with Gasteiger partial charge in [-0.25, -0.2) is 0 Å². The van der Waals surface area contributed by atoms with Gasteiger partial charge in [-0.2, -0.15) is 0 Å². The van der Waals surface area contributed by atoms with Crippen molar-refractivity contribution in [2.24, 2.45) is 0 Å². The number of aliphatic hydroxyl groups excluding tert-OH is 3. The van der Waals surface area contributed by atoms with Crippen LogP contribution in [0.5, 0.6) is 0 Å². The van der Waals surface area contributed by atoms with E-state index in [-0.39, 0.29) is 5.91 Å². The normalized spacial score (nSPS) is 14.5. The Bertz CT molecular complexity index is 616. The fourth-order valence-corrected chi connectivity index (χ4v) is 4.59. The molecule has 0 aromatic rings. The second kappa shape index (κ2) is 29.6. The third-order valence-corrected chi connectivity index (χ3v) is 7.19. The van der Waals surface area contributed by atoms with E-state index in [0.717, 1.165) is 44.9 Å². The quantitative estimate of drug-likeness (QED) is 0.0586. The molecule has 5 nitrogen and oxygen atoms in total. The lowest BCUT2D eigenvalue weighted by molar-refractivity contribution is -0.124. The molecule has 228 valence electrons. The van der Waals surface area contributed by atoms with Gasteiger partial charge in [0.2, 0.25) is 5.91 Å². The fraction of sp³-hybridized carbons (Fsp3) is 0.794. The highest BCUT2D eigenvalue weighted by Gasteiger charge is 2.26. The zero-order valence-corrected chi connectivity index (χ0v) is 25.5. The third-order valence-electron chi connectivity index (χ3n) is 7.19. The van der Waals surface area contributed by atoms with Gasteiger partial charge in [0.25, 0.3) is 0 Å². The number of unbranched alkanes of at least 4 members (excludes halogenated alkanes) is 14. The highest BCUT2D eigenvalue weighted by molar-refractivity contribution is 5.76. The zero-order chi connectivity index (χ0) is 28.8. The molecule has 0 aromatic heterocycles. The topological polar surface area (TPSA) is 89.8 Å². The van der Waals surface area contributed by atoms with Crippen LogP contribution in [0, 0.1) is 0 Å². The summed E-state index contributed by atoms with van der Waals surface area (Å²) in [5, 5.41) is 33.1. The Morgan fingerprint density at radius 3 is 1.59 bits per heavy atom. The van der Waals surface area contributed by atoms with E-state index in [1.54, 1.807) is 0 Å². The second-order valence-corrected chi connectivity index (χ2v) is 11.0.